The van der Waals surface area contributed by atoms with E-state index in [1.807, 2.05) is 36.4 Å². The van der Waals surface area contributed by atoms with Gasteiger partial charge >= 0.3 is 0 Å². The van der Waals surface area contributed by atoms with Crippen molar-refractivity contribution in [2.75, 3.05) is 27.9 Å². The summed E-state index contributed by atoms with van der Waals surface area (Å²) in [7, 11) is 4.88. The summed E-state index contributed by atoms with van der Waals surface area (Å²) in [4.78, 5) is 12.0. The van der Waals surface area contributed by atoms with E-state index in [0.717, 1.165) is 24.2 Å². The van der Waals surface area contributed by atoms with Gasteiger partial charge in [0.1, 0.15) is 5.75 Å². The molecule has 0 atom stereocenters. The van der Waals surface area contributed by atoms with Crippen LogP contribution >= 0.6 is 0 Å². The van der Waals surface area contributed by atoms with Crippen LogP contribution in [0.5, 0.6) is 17.2 Å². The number of amides is 1. The third kappa shape index (κ3) is 5.99. The quantitative estimate of drug-likeness (QED) is 0.662. The Morgan fingerprint density at radius 2 is 1.65 bits per heavy atom. The second-order valence-corrected chi connectivity index (χ2v) is 5.99. The van der Waals surface area contributed by atoms with E-state index in [-0.39, 0.29) is 5.91 Å². The van der Waals surface area contributed by atoms with Crippen molar-refractivity contribution in [3.8, 4) is 17.2 Å². The molecule has 0 saturated carbocycles. The maximum absolute atomic E-state index is 12.0. The van der Waals surface area contributed by atoms with Crippen LogP contribution in [0, 0.1) is 0 Å². The largest absolute Gasteiger partial charge is 0.497 e. The van der Waals surface area contributed by atoms with E-state index in [4.69, 9.17) is 14.2 Å². The van der Waals surface area contributed by atoms with Gasteiger partial charge in [-0.3, -0.25) is 4.79 Å². The monoisotopic (exact) mass is 357 g/mol. The van der Waals surface area contributed by atoms with E-state index in [9.17, 15) is 4.79 Å². The van der Waals surface area contributed by atoms with E-state index in [0.29, 0.717) is 30.9 Å². The summed E-state index contributed by atoms with van der Waals surface area (Å²) in [6.07, 6.45) is 2.93. The van der Waals surface area contributed by atoms with Crippen LogP contribution in [0.25, 0.3) is 0 Å². The molecule has 0 saturated heterocycles. The first-order valence-electron chi connectivity index (χ1n) is 8.76. The Labute approximate surface area is 155 Å². The number of aryl methyl sites for hydroxylation is 2. The summed E-state index contributed by atoms with van der Waals surface area (Å²) >= 11 is 0. The maximum atomic E-state index is 12.0. The summed E-state index contributed by atoms with van der Waals surface area (Å²) in [5.74, 6) is 2.30. The predicted octanol–water partition coefficient (Wildman–Crippen LogP) is 3.39. The van der Waals surface area contributed by atoms with Gasteiger partial charge in [0.15, 0.2) is 11.5 Å². The van der Waals surface area contributed by atoms with Crippen LogP contribution in [-0.4, -0.2) is 33.8 Å². The molecule has 1 N–H and O–H groups in total. The highest BCUT2D eigenvalue weighted by molar-refractivity contribution is 5.76. The summed E-state index contributed by atoms with van der Waals surface area (Å²) in [5, 5.41) is 2.98. The topological polar surface area (TPSA) is 56.8 Å². The second-order valence-electron chi connectivity index (χ2n) is 5.99. The highest BCUT2D eigenvalue weighted by Crippen LogP contribution is 2.27. The zero-order chi connectivity index (χ0) is 18.8. The lowest BCUT2D eigenvalue weighted by molar-refractivity contribution is -0.121. The van der Waals surface area contributed by atoms with Crippen LogP contribution in [-0.2, 0) is 17.6 Å². The first kappa shape index (κ1) is 19.6. The molecule has 5 heteroatoms. The molecule has 0 fully saturated rings. The molecule has 0 bridgehead atoms. The van der Waals surface area contributed by atoms with Crippen LogP contribution in [0.3, 0.4) is 0 Å². The fourth-order valence-corrected chi connectivity index (χ4v) is 2.73. The van der Waals surface area contributed by atoms with Gasteiger partial charge in [-0.2, -0.15) is 0 Å². The zero-order valence-electron chi connectivity index (χ0n) is 15.7. The van der Waals surface area contributed by atoms with Gasteiger partial charge < -0.3 is 19.5 Å². The Morgan fingerprint density at radius 3 is 2.38 bits per heavy atom. The third-order valence-electron chi connectivity index (χ3n) is 4.19. The average molecular weight is 357 g/mol. The maximum Gasteiger partial charge on any atom is 0.220 e. The van der Waals surface area contributed by atoms with Gasteiger partial charge in [-0.1, -0.05) is 18.2 Å². The van der Waals surface area contributed by atoms with Gasteiger partial charge in [0.25, 0.3) is 0 Å². The number of hydrogen-bond acceptors (Lipinski definition) is 4. The highest BCUT2D eigenvalue weighted by Gasteiger charge is 2.07. The van der Waals surface area contributed by atoms with Crippen molar-refractivity contribution in [1.29, 1.82) is 0 Å². The fraction of sp³-hybridized carbons (Fsp3) is 0.381. The molecule has 2 aromatic rings. The van der Waals surface area contributed by atoms with Crippen molar-refractivity contribution in [1.82, 2.24) is 5.32 Å². The van der Waals surface area contributed by atoms with Crippen molar-refractivity contribution >= 4 is 5.91 Å². The number of rotatable bonds is 10. The van der Waals surface area contributed by atoms with Crippen molar-refractivity contribution < 1.29 is 19.0 Å². The molecule has 0 aromatic heterocycles. The molecule has 0 aliphatic rings. The molecule has 140 valence electrons. The van der Waals surface area contributed by atoms with E-state index in [1.165, 1.54) is 5.56 Å². The normalized spacial score (nSPS) is 10.3. The van der Waals surface area contributed by atoms with Crippen LogP contribution in [0.4, 0.5) is 0 Å². The number of methoxy groups -OCH3 is 3. The minimum Gasteiger partial charge on any atom is -0.497 e. The summed E-state index contributed by atoms with van der Waals surface area (Å²) < 4.78 is 15.7. The van der Waals surface area contributed by atoms with Crippen LogP contribution < -0.4 is 19.5 Å². The Morgan fingerprint density at radius 1 is 0.885 bits per heavy atom. The van der Waals surface area contributed by atoms with Gasteiger partial charge in [0, 0.05) is 13.0 Å². The molecule has 1 amide bonds. The summed E-state index contributed by atoms with van der Waals surface area (Å²) in [5.41, 5.74) is 2.26. The fourth-order valence-electron chi connectivity index (χ4n) is 2.73. The van der Waals surface area contributed by atoms with Gasteiger partial charge in [0.2, 0.25) is 5.91 Å². The molecule has 0 aliphatic heterocycles. The van der Waals surface area contributed by atoms with Crippen LogP contribution in [0.1, 0.15) is 24.0 Å². The molecule has 26 heavy (non-hydrogen) atoms. The molecule has 0 heterocycles. The van der Waals surface area contributed by atoms with Gasteiger partial charge in [-0.15, -0.1) is 0 Å². The number of ether oxygens (including phenoxy) is 3. The lowest BCUT2D eigenvalue weighted by Crippen LogP contribution is -2.25. The number of benzene rings is 2. The van der Waals surface area contributed by atoms with Crippen LogP contribution in [0.2, 0.25) is 0 Å². The first-order chi connectivity index (χ1) is 12.7. The molecule has 2 aromatic carbocycles. The van der Waals surface area contributed by atoms with Gasteiger partial charge in [-0.25, -0.2) is 0 Å². The number of hydrogen-bond donors (Lipinski definition) is 1. The second kappa shape index (κ2) is 10.3. The molecule has 0 radical (unpaired) electrons. The lowest BCUT2D eigenvalue weighted by atomic mass is 10.1. The zero-order valence-corrected chi connectivity index (χ0v) is 15.7. The molecule has 0 spiro atoms. The minimum absolute atomic E-state index is 0.0606. The Hall–Kier alpha value is -2.69. The Bertz CT molecular complexity index is 715. The summed E-state index contributed by atoms with van der Waals surface area (Å²) in [6.45, 7) is 0.669. The van der Waals surface area contributed by atoms with Gasteiger partial charge in [0.05, 0.1) is 21.3 Å². The standard InChI is InChI=1S/C21H27NO4/c1-24-18-8-4-6-16(14-18)7-5-13-22-21(23)12-10-17-9-11-19(25-2)20(15-17)26-3/h4,6,8-9,11,14-15H,5,7,10,12-13H2,1-3H3,(H,22,23). The van der Waals surface area contributed by atoms with E-state index in [2.05, 4.69) is 11.4 Å². The van der Waals surface area contributed by atoms with Crippen molar-refractivity contribution in [2.24, 2.45) is 0 Å². The average Bonchev–Trinajstić information content (AvgIpc) is 2.69. The first-order valence-corrected chi connectivity index (χ1v) is 8.76. The van der Waals surface area contributed by atoms with Crippen molar-refractivity contribution in [3.05, 3.63) is 53.6 Å². The lowest BCUT2D eigenvalue weighted by Gasteiger charge is -2.10. The molecular weight excluding hydrogens is 330 g/mol. The van der Waals surface area contributed by atoms with Crippen LogP contribution in [0.15, 0.2) is 42.5 Å². The smallest absolute Gasteiger partial charge is 0.220 e. The SMILES string of the molecule is COc1cccc(CCCNC(=O)CCc2ccc(OC)c(OC)c2)c1. The molecular formula is C21H27NO4. The highest BCUT2D eigenvalue weighted by atomic mass is 16.5. The van der Waals surface area contributed by atoms with E-state index in [1.54, 1.807) is 21.3 Å². The molecule has 0 unspecified atom stereocenters. The predicted molar refractivity (Wildman–Crippen MR) is 102 cm³/mol. The van der Waals surface area contributed by atoms with Crippen molar-refractivity contribution in [3.63, 3.8) is 0 Å². The van der Waals surface area contributed by atoms with Gasteiger partial charge in [-0.05, 0) is 54.7 Å². The van der Waals surface area contributed by atoms with E-state index >= 15 is 0 Å². The number of carbonyl (C=O) groups excluding carboxylic acids is 1. The van der Waals surface area contributed by atoms with Crippen molar-refractivity contribution in [2.45, 2.75) is 25.7 Å². The Kier molecular flexibility index (Phi) is 7.80. The molecule has 0 aliphatic carbocycles. The Balaban J connectivity index is 1.70. The minimum atomic E-state index is 0.0606. The molecule has 2 rings (SSSR count). The number of carbonyl (C=O) groups is 1. The third-order valence-corrected chi connectivity index (χ3v) is 4.19. The number of nitrogens with one attached hydrogen (secondary N) is 1. The summed E-state index contributed by atoms with van der Waals surface area (Å²) in [6, 6.07) is 13.7. The van der Waals surface area contributed by atoms with E-state index < -0.39 is 0 Å². The molecule has 5 nitrogen and oxygen atoms in total.